The van der Waals surface area contributed by atoms with Crippen LogP contribution in [0.1, 0.15) is 47.6 Å². The smallest absolute Gasteiger partial charge is 0.0991 e. The highest BCUT2D eigenvalue weighted by Gasteiger charge is 2.24. The number of halogens is 2. The Morgan fingerprint density at radius 3 is 2.26 bits per heavy atom. The molecule has 0 aromatic heterocycles. The number of benzene rings is 3. The van der Waals surface area contributed by atoms with Gasteiger partial charge in [0, 0.05) is 28.0 Å². The van der Waals surface area contributed by atoms with E-state index in [1.54, 1.807) is 0 Å². The van der Waals surface area contributed by atoms with Crippen LogP contribution in [0.25, 0.3) is 0 Å². The molecule has 0 aliphatic rings. The Balaban J connectivity index is 1.91. The third-order valence-corrected chi connectivity index (χ3v) is 5.91. The van der Waals surface area contributed by atoms with Gasteiger partial charge in [-0.1, -0.05) is 59.6 Å². The summed E-state index contributed by atoms with van der Waals surface area (Å²) in [7, 11) is 0. The van der Waals surface area contributed by atoms with E-state index in [1.807, 2.05) is 66.7 Å². The molecular formula is C26H23Cl2N3. The Hall–Kier alpha value is -2.82. The molecule has 0 fully saturated rings. The van der Waals surface area contributed by atoms with Crippen LogP contribution in [0.5, 0.6) is 0 Å². The van der Waals surface area contributed by atoms with Gasteiger partial charge in [0.1, 0.15) is 0 Å². The minimum atomic E-state index is -0.148. The van der Waals surface area contributed by atoms with Crippen molar-refractivity contribution in [3.63, 3.8) is 0 Å². The summed E-state index contributed by atoms with van der Waals surface area (Å²) in [4.78, 5) is 0. The predicted molar refractivity (Wildman–Crippen MR) is 126 cm³/mol. The van der Waals surface area contributed by atoms with Crippen molar-refractivity contribution < 1.29 is 0 Å². The molecular weight excluding hydrogens is 425 g/mol. The van der Waals surface area contributed by atoms with E-state index in [0.717, 1.165) is 23.1 Å². The summed E-state index contributed by atoms with van der Waals surface area (Å²) in [5.74, 6) is 0.0925. The molecule has 31 heavy (non-hydrogen) atoms. The second-order valence-electron chi connectivity index (χ2n) is 7.60. The Morgan fingerprint density at radius 1 is 0.871 bits per heavy atom. The molecule has 1 N–H and O–H groups in total. The van der Waals surface area contributed by atoms with Crippen LogP contribution in [-0.2, 0) is 6.42 Å². The monoisotopic (exact) mass is 447 g/mol. The normalized spacial score (nSPS) is 13.6. The first-order chi connectivity index (χ1) is 15.0. The molecule has 3 atom stereocenters. The Labute approximate surface area is 193 Å². The second kappa shape index (κ2) is 11.0. The minimum absolute atomic E-state index is 0.0296. The lowest BCUT2D eigenvalue weighted by molar-refractivity contribution is 0.401. The molecule has 0 heterocycles. The van der Waals surface area contributed by atoms with E-state index in [9.17, 15) is 10.5 Å². The molecule has 0 amide bonds. The van der Waals surface area contributed by atoms with E-state index in [1.165, 1.54) is 0 Å². The van der Waals surface area contributed by atoms with E-state index in [0.29, 0.717) is 22.0 Å². The zero-order chi connectivity index (χ0) is 22.2. The number of hydrogen-bond acceptors (Lipinski definition) is 3. The predicted octanol–water partition coefficient (Wildman–Crippen LogP) is 6.82. The summed E-state index contributed by atoms with van der Waals surface area (Å²) in [6, 6.07) is 27.6. The zero-order valence-corrected chi connectivity index (χ0v) is 18.7. The fourth-order valence-corrected chi connectivity index (χ4v) is 4.14. The van der Waals surface area contributed by atoms with Crippen molar-refractivity contribution in [3.8, 4) is 12.1 Å². The highest BCUT2D eigenvalue weighted by molar-refractivity contribution is 6.30. The lowest BCUT2D eigenvalue weighted by atomic mass is 9.85. The Kier molecular flexibility index (Phi) is 8.10. The van der Waals surface area contributed by atoms with Gasteiger partial charge in [-0.3, -0.25) is 0 Å². The third kappa shape index (κ3) is 6.33. The number of nitriles is 2. The van der Waals surface area contributed by atoms with Crippen LogP contribution < -0.4 is 5.32 Å². The zero-order valence-electron chi connectivity index (χ0n) is 17.2. The molecule has 0 saturated carbocycles. The van der Waals surface area contributed by atoms with Gasteiger partial charge in [-0.05, 0) is 66.4 Å². The summed E-state index contributed by atoms with van der Waals surface area (Å²) in [5.41, 5.74) is 3.85. The number of hydrogen-bond donors (Lipinski definition) is 1. The van der Waals surface area contributed by atoms with Crippen molar-refractivity contribution in [2.24, 2.45) is 0 Å². The van der Waals surface area contributed by atoms with Crippen LogP contribution in [0.4, 0.5) is 0 Å². The van der Waals surface area contributed by atoms with Crippen LogP contribution in [0.15, 0.2) is 72.8 Å². The second-order valence-corrected chi connectivity index (χ2v) is 8.47. The minimum Gasteiger partial charge on any atom is -0.306 e. The van der Waals surface area contributed by atoms with Gasteiger partial charge in [-0.2, -0.15) is 10.5 Å². The van der Waals surface area contributed by atoms with Crippen LogP contribution in [0.3, 0.4) is 0 Å². The molecule has 0 bridgehead atoms. The first-order valence-electron chi connectivity index (χ1n) is 10.1. The highest BCUT2D eigenvalue weighted by atomic mass is 35.5. The summed E-state index contributed by atoms with van der Waals surface area (Å²) < 4.78 is 0. The standard InChI is InChI=1S/C26H23Cl2N3/c1-18(31-26(12-13-29)22-6-3-7-24(28)16-22)25(15-19-8-10-23(27)11-9-19)21-5-2-4-20(14-21)17-30/h2-11,14,16,18,25-26,31H,12,15H2,1H3/t18-,25+,26?/m0/s1. The lowest BCUT2D eigenvalue weighted by Gasteiger charge is -2.30. The van der Waals surface area contributed by atoms with E-state index in [4.69, 9.17) is 23.2 Å². The molecule has 3 nitrogen and oxygen atoms in total. The molecule has 0 aliphatic heterocycles. The molecule has 0 spiro atoms. The average Bonchev–Trinajstić information content (AvgIpc) is 2.78. The fraction of sp³-hybridized carbons (Fsp3) is 0.231. The maximum atomic E-state index is 9.39. The van der Waals surface area contributed by atoms with Crippen molar-refractivity contribution in [3.05, 3.63) is 105 Å². The number of nitrogens with one attached hydrogen (secondary N) is 1. The maximum Gasteiger partial charge on any atom is 0.0991 e. The van der Waals surface area contributed by atoms with Gasteiger partial charge < -0.3 is 5.32 Å². The van der Waals surface area contributed by atoms with E-state index < -0.39 is 0 Å². The highest BCUT2D eigenvalue weighted by Crippen LogP contribution is 2.29. The number of rotatable bonds is 8. The maximum absolute atomic E-state index is 9.39. The molecule has 3 rings (SSSR count). The summed E-state index contributed by atoms with van der Waals surface area (Å²) in [5, 5.41) is 23.7. The molecule has 0 radical (unpaired) electrons. The SMILES string of the molecule is C[C@H](NC(CC#N)c1cccc(Cl)c1)[C@@H](Cc1ccc(Cl)cc1)c1cccc(C#N)c1. The van der Waals surface area contributed by atoms with E-state index >= 15 is 0 Å². The van der Waals surface area contributed by atoms with Gasteiger partial charge in [0.15, 0.2) is 0 Å². The van der Waals surface area contributed by atoms with Crippen LogP contribution >= 0.6 is 23.2 Å². The van der Waals surface area contributed by atoms with Crippen LogP contribution in [-0.4, -0.2) is 6.04 Å². The first-order valence-corrected chi connectivity index (χ1v) is 10.9. The molecule has 3 aromatic rings. The van der Waals surface area contributed by atoms with Gasteiger partial charge in [0.25, 0.3) is 0 Å². The van der Waals surface area contributed by atoms with Gasteiger partial charge in [-0.15, -0.1) is 0 Å². The Morgan fingerprint density at radius 2 is 1.58 bits per heavy atom. The van der Waals surface area contributed by atoms with Gasteiger partial charge in [0.2, 0.25) is 0 Å². The fourth-order valence-electron chi connectivity index (χ4n) is 3.82. The average molecular weight is 448 g/mol. The number of nitrogens with zero attached hydrogens (tertiary/aromatic N) is 2. The van der Waals surface area contributed by atoms with Gasteiger partial charge in [-0.25, -0.2) is 0 Å². The van der Waals surface area contributed by atoms with Crippen molar-refractivity contribution in [2.45, 2.75) is 37.8 Å². The summed E-state index contributed by atoms with van der Waals surface area (Å²) in [6.07, 6.45) is 1.10. The molecule has 1 unspecified atom stereocenters. The van der Waals surface area contributed by atoms with Gasteiger partial charge in [0.05, 0.1) is 24.1 Å². The van der Waals surface area contributed by atoms with Gasteiger partial charge >= 0.3 is 0 Å². The molecule has 0 aliphatic carbocycles. The van der Waals surface area contributed by atoms with E-state index in [-0.39, 0.29) is 18.0 Å². The van der Waals surface area contributed by atoms with Crippen molar-refractivity contribution in [1.82, 2.24) is 5.32 Å². The summed E-state index contributed by atoms with van der Waals surface area (Å²) in [6.45, 7) is 2.12. The van der Waals surface area contributed by atoms with Crippen molar-refractivity contribution >= 4 is 23.2 Å². The molecule has 156 valence electrons. The first kappa shape index (κ1) is 22.9. The Bertz CT molecular complexity index is 1100. The largest absolute Gasteiger partial charge is 0.306 e. The quantitative estimate of drug-likeness (QED) is 0.411. The lowest BCUT2D eigenvalue weighted by Crippen LogP contribution is -2.36. The van der Waals surface area contributed by atoms with E-state index in [2.05, 4.69) is 30.4 Å². The van der Waals surface area contributed by atoms with Crippen molar-refractivity contribution in [2.75, 3.05) is 0 Å². The van der Waals surface area contributed by atoms with Crippen LogP contribution in [0.2, 0.25) is 10.0 Å². The molecule has 5 heteroatoms. The molecule has 3 aromatic carbocycles. The third-order valence-electron chi connectivity index (χ3n) is 5.43. The van der Waals surface area contributed by atoms with Crippen molar-refractivity contribution in [1.29, 1.82) is 10.5 Å². The summed E-state index contributed by atoms with van der Waals surface area (Å²) >= 11 is 12.2. The van der Waals surface area contributed by atoms with Crippen LogP contribution in [0, 0.1) is 22.7 Å². The molecule has 0 saturated heterocycles. The topological polar surface area (TPSA) is 59.6 Å².